The summed E-state index contributed by atoms with van der Waals surface area (Å²) in [6.07, 6.45) is -8.19. The van der Waals surface area contributed by atoms with Gasteiger partial charge >= 0.3 is 18.2 Å². The first-order chi connectivity index (χ1) is 9.68. The van der Waals surface area contributed by atoms with Crippen LogP contribution in [-0.2, 0) is 10.2 Å². The summed E-state index contributed by atoms with van der Waals surface area (Å²) >= 11 is 0. The molecule has 0 radical (unpaired) electrons. The van der Waals surface area contributed by atoms with Gasteiger partial charge in [0.25, 0.3) is 0 Å². The number of carboxylic acid groups (broad SMARTS) is 1. The van der Waals surface area contributed by atoms with Crippen LogP contribution in [0.3, 0.4) is 0 Å². The van der Waals surface area contributed by atoms with E-state index in [1.54, 1.807) is 0 Å². The fourth-order valence-electron chi connectivity index (χ4n) is 2.52. The second kappa shape index (κ2) is 4.02. The van der Waals surface area contributed by atoms with Crippen LogP contribution < -0.4 is 9.47 Å². The number of carbonyl (C=O) groups is 1. The molecule has 0 atom stereocenters. The zero-order valence-electron chi connectivity index (χ0n) is 10.5. The SMILES string of the molecule is O=C(O)C1(c2ccc3c(c2)OC(F)(F)C(F)(F)O3)CCC1. The van der Waals surface area contributed by atoms with E-state index in [1.807, 2.05) is 0 Å². The lowest BCUT2D eigenvalue weighted by molar-refractivity contribution is -0.391. The highest BCUT2D eigenvalue weighted by Gasteiger charge is 2.66. The maximum absolute atomic E-state index is 13.1. The lowest BCUT2D eigenvalue weighted by Gasteiger charge is -2.39. The fraction of sp³-hybridized carbons (Fsp3) is 0.462. The van der Waals surface area contributed by atoms with Crippen molar-refractivity contribution >= 4 is 5.97 Å². The number of hydrogen-bond donors (Lipinski definition) is 1. The van der Waals surface area contributed by atoms with E-state index in [0.29, 0.717) is 19.3 Å². The normalized spacial score (nSPS) is 24.0. The quantitative estimate of drug-likeness (QED) is 0.853. The predicted octanol–water partition coefficient (Wildman–Crippen LogP) is 3.15. The first kappa shape index (κ1) is 14.0. The molecule has 1 aliphatic carbocycles. The van der Waals surface area contributed by atoms with E-state index in [9.17, 15) is 27.5 Å². The van der Waals surface area contributed by atoms with Crippen LogP contribution >= 0.6 is 0 Å². The minimum absolute atomic E-state index is 0.240. The highest BCUT2D eigenvalue weighted by molar-refractivity contribution is 5.83. The lowest BCUT2D eigenvalue weighted by Crippen LogP contribution is -2.52. The summed E-state index contributed by atoms with van der Waals surface area (Å²) in [5.41, 5.74) is -0.933. The van der Waals surface area contributed by atoms with E-state index in [2.05, 4.69) is 9.47 Å². The molecule has 2 aliphatic rings. The third-order valence-electron chi connectivity index (χ3n) is 3.93. The minimum atomic E-state index is -4.81. The molecule has 4 nitrogen and oxygen atoms in total. The molecule has 1 heterocycles. The van der Waals surface area contributed by atoms with Crippen molar-refractivity contribution in [1.29, 1.82) is 0 Å². The Kier molecular flexibility index (Phi) is 2.67. The van der Waals surface area contributed by atoms with Crippen molar-refractivity contribution in [2.75, 3.05) is 0 Å². The molecule has 1 aromatic carbocycles. The summed E-state index contributed by atoms with van der Waals surface area (Å²) in [5, 5.41) is 9.29. The van der Waals surface area contributed by atoms with Crippen molar-refractivity contribution in [3.05, 3.63) is 23.8 Å². The minimum Gasteiger partial charge on any atom is -0.481 e. The average molecular weight is 306 g/mol. The van der Waals surface area contributed by atoms with Gasteiger partial charge in [-0.25, -0.2) is 0 Å². The molecule has 3 rings (SSSR count). The van der Waals surface area contributed by atoms with Gasteiger partial charge in [-0.3, -0.25) is 4.79 Å². The van der Waals surface area contributed by atoms with E-state index in [4.69, 9.17) is 0 Å². The maximum Gasteiger partial charge on any atom is 0.507 e. The van der Waals surface area contributed by atoms with E-state index in [-0.39, 0.29) is 5.56 Å². The molecule has 1 saturated carbocycles. The van der Waals surface area contributed by atoms with Crippen LogP contribution in [0.4, 0.5) is 17.6 Å². The smallest absolute Gasteiger partial charge is 0.481 e. The van der Waals surface area contributed by atoms with Crippen LogP contribution in [-0.4, -0.2) is 23.3 Å². The third kappa shape index (κ3) is 1.85. The molecule has 1 aliphatic heterocycles. The lowest BCUT2D eigenvalue weighted by atomic mass is 9.64. The zero-order chi connectivity index (χ0) is 15.5. The number of carboxylic acids is 1. The number of halogens is 4. The average Bonchev–Trinajstić information content (AvgIpc) is 2.28. The first-order valence-corrected chi connectivity index (χ1v) is 6.20. The Morgan fingerprint density at radius 2 is 1.62 bits per heavy atom. The molecule has 0 aromatic heterocycles. The van der Waals surface area contributed by atoms with Crippen LogP contribution in [0.2, 0.25) is 0 Å². The van der Waals surface area contributed by atoms with Gasteiger partial charge in [-0.15, -0.1) is 0 Å². The van der Waals surface area contributed by atoms with Crippen molar-refractivity contribution in [2.45, 2.75) is 36.9 Å². The summed E-state index contributed by atoms with van der Waals surface area (Å²) in [6, 6.07) is 3.34. The van der Waals surface area contributed by atoms with Gasteiger partial charge in [0.2, 0.25) is 0 Å². The van der Waals surface area contributed by atoms with Crippen LogP contribution in [0.15, 0.2) is 18.2 Å². The Labute approximate surface area is 116 Å². The van der Waals surface area contributed by atoms with Gasteiger partial charge in [-0.05, 0) is 30.5 Å². The summed E-state index contributed by atoms with van der Waals surface area (Å²) < 4.78 is 60.3. The van der Waals surface area contributed by atoms with Crippen molar-refractivity contribution in [1.82, 2.24) is 0 Å². The second-order valence-electron chi connectivity index (χ2n) is 5.14. The second-order valence-corrected chi connectivity index (χ2v) is 5.14. The number of ether oxygens (including phenoxy) is 2. The molecular formula is C13H10F4O4. The zero-order valence-corrected chi connectivity index (χ0v) is 10.5. The molecule has 1 N–H and O–H groups in total. The van der Waals surface area contributed by atoms with Gasteiger partial charge < -0.3 is 14.6 Å². The largest absolute Gasteiger partial charge is 0.507 e. The van der Waals surface area contributed by atoms with Crippen molar-refractivity contribution in [3.63, 3.8) is 0 Å². The highest BCUT2D eigenvalue weighted by atomic mass is 19.3. The Morgan fingerprint density at radius 1 is 1.05 bits per heavy atom. The topological polar surface area (TPSA) is 55.8 Å². The molecule has 0 saturated heterocycles. The molecular weight excluding hydrogens is 296 g/mol. The van der Waals surface area contributed by atoms with Crippen LogP contribution in [0, 0.1) is 0 Å². The number of hydrogen-bond acceptors (Lipinski definition) is 3. The Balaban J connectivity index is 2.02. The Bertz CT molecular complexity index is 610. The number of aliphatic carboxylic acids is 1. The highest BCUT2D eigenvalue weighted by Crippen LogP contribution is 2.50. The molecule has 1 aromatic rings. The molecule has 8 heteroatoms. The van der Waals surface area contributed by atoms with Crippen molar-refractivity contribution in [3.8, 4) is 11.5 Å². The van der Waals surface area contributed by atoms with Gasteiger partial charge in [0, 0.05) is 0 Å². The fourth-order valence-corrected chi connectivity index (χ4v) is 2.52. The summed E-state index contributed by atoms with van der Waals surface area (Å²) in [4.78, 5) is 11.4. The number of fused-ring (bicyclic) bond motifs is 1. The van der Waals surface area contributed by atoms with Crippen LogP contribution in [0.1, 0.15) is 24.8 Å². The van der Waals surface area contributed by atoms with Gasteiger partial charge in [0.15, 0.2) is 11.5 Å². The van der Waals surface area contributed by atoms with E-state index >= 15 is 0 Å². The monoisotopic (exact) mass is 306 g/mol. The molecule has 114 valence electrons. The number of rotatable bonds is 2. The summed E-state index contributed by atoms with van der Waals surface area (Å²) in [7, 11) is 0. The predicted molar refractivity (Wildman–Crippen MR) is 60.8 cm³/mol. The molecule has 1 fully saturated rings. The van der Waals surface area contributed by atoms with Crippen LogP contribution in [0.25, 0.3) is 0 Å². The first-order valence-electron chi connectivity index (χ1n) is 6.20. The molecule has 0 unspecified atom stereocenters. The Hall–Kier alpha value is -1.99. The van der Waals surface area contributed by atoms with Crippen molar-refractivity contribution in [2.24, 2.45) is 0 Å². The molecule has 21 heavy (non-hydrogen) atoms. The maximum atomic E-state index is 13.1. The standard InChI is InChI=1S/C13H10F4O4/c14-12(15)13(16,17)21-9-6-7(2-3-8(9)20-12)11(10(18)19)4-1-5-11/h2-3,6H,1,4-5H2,(H,18,19). The summed E-state index contributed by atoms with van der Waals surface area (Å²) in [5.74, 6) is -2.21. The summed E-state index contributed by atoms with van der Waals surface area (Å²) in [6.45, 7) is 0. The number of alkyl halides is 4. The van der Waals surface area contributed by atoms with Gasteiger partial charge in [-0.2, -0.15) is 17.6 Å². The Morgan fingerprint density at radius 3 is 2.10 bits per heavy atom. The van der Waals surface area contributed by atoms with Gasteiger partial charge in [0.1, 0.15) is 0 Å². The van der Waals surface area contributed by atoms with Gasteiger partial charge in [0.05, 0.1) is 5.41 Å². The molecule has 0 bridgehead atoms. The van der Waals surface area contributed by atoms with Crippen molar-refractivity contribution < 1.29 is 36.9 Å². The van der Waals surface area contributed by atoms with E-state index < -0.39 is 35.1 Å². The van der Waals surface area contributed by atoms with Gasteiger partial charge in [-0.1, -0.05) is 12.5 Å². The van der Waals surface area contributed by atoms with E-state index in [0.717, 1.165) is 12.1 Å². The van der Waals surface area contributed by atoms with Crippen LogP contribution in [0.5, 0.6) is 11.5 Å². The van der Waals surface area contributed by atoms with E-state index in [1.165, 1.54) is 6.07 Å². The third-order valence-corrected chi connectivity index (χ3v) is 3.93. The number of benzene rings is 1. The molecule has 0 amide bonds. The molecule has 0 spiro atoms.